The number of ether oxygens (including phenoxy) is 2. The lowest BCUT2D eigenvalue weighted by molar-refractivity contribution is -0.149. The molecule has 0 unspecified atom stereocenters. The molecule has 1 saturated heterocycles. The number of hydrogen-bond donors (Lipinski definition) is 4. The molecule has 0 bridgehead atoms. The van der Waals surface area contributed by atoms with Crippen LogP contribution in [0.3, 0.4) is 0 Å². The molecule has 12 nitrogen and oxygen atoms in total. The van der Waals surface area contributed by atoms with Crippen molar-refractivity contribution in [1.29, 1.82) is 0 Å². The Bertz CT molecular complexity index is 1420. The molecule has 2 amide bonds. The molecule has 0 radical (unpaired) electrons. The second-order valence-electron chi connectivity index (χ2n) is 11.7. The summed E-state index contributed by atoms with van der Waals surface area (Å²) in [7, 11) is 1.54. The van der Waals surface area contributed by atoms with Crippen LogP contribution in [0.15, 0.2) is 67.0 Å². The first-order valence-corrected chi connectivity index (χ1v) is 14.5. The Labute approximate surface area is 257 Å². The van der Waals surface area contributed by atoms with Crippen molar-refractivity contribution < 1.29 is 29.0 Å². The minimum absolute atomic E-state index is 0.0271. The van der Waals surface area contributed by atoms with E-state index in [0.717, 1.165) is 37.2 Å². The topological polar surface area (TPSA) is 155 Å². The fraction of sp³-hybridized carbons (Fsp3) is 0.406. The Morgan fingerprint density at radius 2 is 1.68 bits per heavy atom. The molecule has 1 aromatic heterocycles. The van der Waals surface area contributed by atoms with Gasteiger partial charge in [0, 0.05) is 37.1 Å². The van der Waals surface area contributed by atoms with E-state index in [1.165, 1.54) is 0 Å². The van der Waals surface area contributed by atoms with Crippen molar-refractivity contribution in [2.24, 2.45) is 5.41 Å². The molecule has 1 aliphatic heterocycles. The molecule has 0 spiro atoms. The summed E-state index contributed by atoms with van der Waals surface area (Å²) in [6, 6.07) is 16.2. The minimum atomic E-state index is -1.86. The van der Waals surface area contributed by atoms with E-state index in [1.54, 1.807) is 70.6 Å². The highest BCUT2D eigenvalue weighted by Crippen LogP contribution is 2.33. The number of benzene rings is 2. The summed E-state index contributed by atoms with van der Waals surface area (Å²) in [5, 5.41) is 18.9. The van der Waals surface area contributed by atoms with Crippen molar-refractivity contribution in [3.8, 4) is 5.75 Å². The Morgan fingerprint density at radius 1 is 1.00 bits per heavy atom. The van der Waals surface area contributed by atoms with Crippen molar-refractivity contribution in [3.63, 3.8) is 0 Å². The van der Waals surface area contributed by atoms with Crippen molar-refractivity contribution in [3.05, 3.63) is 78.1 Å². The predicted octanol–water partition coefficient (Wildman–Crippen LogP) is 4.09. The first kappa shape index (κ1) is 32.1. The van der Waals surface area contributed by atoms with Gasteiger partial charge in [0.25, 0.3) is 5.91 Å². The van der Waals surface area contributed by atoms with E-state index in [1.807, 2.05) is 24.3 Å². The maximum absolute atomic E-state index is 13.3. The lowest BCUT2D eigenvalue weighted by Crippen LogP contribution is -2.67. The highest BCUT2D eigenvalue weighted by molar-refractivity contribution is 5.96. The molecule has 2 aromatic carbocycles. The van der Waals surface area contributed by atoms with Crippen LogP contribution in [-0.2, 0) is 16.1 Å². The van der Waals surface area contributed by atoms with E-state index in [-0.39, 0.29) is 19.2 Å². The average Bonchev–Trinajstić information content (AvgIpc) is 3.02. The highest BCUT2D eigenvalue weighted by Gasteiger charge is 2.51. The molecule has 12 heteroatoms. The van der Waals surface area contributed by atoms with Gasteiger partial charge in [-0.25, -0.2) is 19.6 Å². The van der Waals surface area contributed by atoms with Crippen molar-refractivity contribution in [1.82, 2.24) is 20.6 Å². The molecule has 0 saturated carbocycles. The Kier molecular flexibility index (Phi) is 10.2. The molecule has 44 heavy (non-hydrogen) atoms. The van der Waals surface area contributed by atoms with E-state index < -0.39 is 28.9 Å². The number of methoxy groups -OCH3 is 1. The molecule has 234 valence electrons. The lowest BCUT2D eigenvalue weighted by Gasteiger charge is -2.41. The summed E-state index contributed by atoms with van der Waals surface area (Å²) in [5.74, 6) is -0.670. The van der Waals surface area contributed by atoms with Gasteiger partial charge in [-0.2, -0.15) is 0 Å². The number of carboxylic acids is 1. The number of nitrogens with one attached hydrogen (secondary N) is 3. The number of carbonyl (C=O) groups excluding carboxylic acids is 2. The van der Waals surface area contributed by atoms with Crippen molar-refractivity contribution in [2.45, 2.75) is 51.8 Å². The average molecular weight is 605 g/mol. The molecule has 1 atom stereocenters. The summed E-state index contributed by atoms with van der Waals surface area (Å²) >= 11 is 0. The number of amides is 2. The normalized spacial score (nSPS) is 15.0. The van der Waals surface area contributed by atoms with Crippen LogP contribution in [0.1, 0.15) is 49.5 Å². The minimum Gasteiger partial charge on any atom is -0.495 e. The van der Waals surface area contributed by atoms with Gasteiger partial charge < -0.3 is 35.4 Å². The quantitative estimate of drug-likeness (QED) is 0.252. The van der Waals surface area contributed by atoms with Gasteiger partial charge in [0.1, 0.15) is 12.4 Å². The molecular formula is C32H40N6O6. The molecule has 0 aliphatic carbocycles. The van der Waals surface area contributed by atoms with Gasteiger partial charge >= 0.3 is 12.1 Å². The third-order valence-electron chi connectivity index (χ3n) is 7.86. The molecule has 2 heterocycles. The Hall–Kier alpha value is -4.87. The van der Waals surface area contributed by atoms with E-state index >= 15 is 0 Å². The fourth-order valence-electron chi connectivity index (χ4n) is 5.10. The fourth-order valence-corrected chi connectivity index (χ4v) is 5.10. The second kappa shape index (κ2) is 14.1. The maximum Gasteiger partial charge on any atom is 0.408 e. The van der Waals surface area contributed by atoms with Gasteiger partial charge in [-0.1, -0.05) is 51.1 Å². The molecule has 3 aromatic rings. The van der Waals surface area contributed by atoms with Gasteiger partial charge in [0.05, 0.1) is 19.3 Å². The third-order valence-corrected chi connectivity index (χ3v) is 7.86. The summed E-state index contributed by atoms with van der Waals surface area (Å²) < 4.78 is 10.9. The SMILES string of the molecule is COc1cc(C(=O)NC[C@](NC(=O)OCc2ccccc2)(C(=O)O)C(C)(C)C)ccc1N1CCC(Nc2ncccn2)CC1. The second-order valence-corrected chi connectivity index (χ2v) is 11.7. The maximum atomic E-state index is 13.3. The first-order chi connectivity index (χ1) is 21.0. The highest BCUT2D eigenvalue weighted by atomic mass is 16.5. The van der Waals surface area contributed by atoms with Gasteiger partial charge in [-0.3, -0.25) is 4.79 Å². The van der Waals surface area contributed by atoms with Crippen LogP contribution in [0, 0.1) is 5.41 Å². The third kappa shape index (κ3) is 7.74. The number of hydrogen-bond acceptors (Lipinski definition) is 9. The molecule has 1 fully saturated rings. The van der Waals surface area contributed by atoms with E-state index in [9.17, 15) is 19.5 Å². The largest absolute Gasteiger partial charge is 0.495 e. The smallest absolute Gasteiger partial charge is 0.408 e. The standard InChI is InChI=1S/C32H40N6O6/c1-31(2,3)32(28(40)41,37-30(42)44-20-22-9-6-5-7-10-22)21-35-27(39)23-11-12-25(26(19-23)43-4)38-17-13-24(14-18-38)36-29-33-15-8-16-34-29/h5-12,15-16,19,24H,13-14,17-18,20-21H2,1-4H3,(H,35,39)(H,37,42)(H,40,41)(H,33,34,36)/t32-/m0/s1. The van der Waals surface area contributed by atoms with Crippen LogP contribution in [0.2, 0.25) is 0 Å². The zero-order valence-electron chi connectivity index (χ0n) is 25.5. The van der Waals surface area contributed by atoms with Crippen molar-refractivity contribution >= 4 is 29.6 Å². The lowest BCUT2D eigenvalue weighted by atomic mass is 9.73. The van der Waals surface area contributed by atoms with Gasteiger partial charge in [0.15, 0.2) is 5.54 Å². The monoisotopic (exact) mass is 604 g/mol. The zero-order valence-corrected chi connectivity index (χ0v) is 25.5. The zero-order chi connectivity index (χ0) is 31.7. The summed E-state index contributed by atoms with van der Waals surface area (Å²) in [4.78, 5) is 49.3. The summed E-state index contributed by atoms with van der Waals surface area (Å²) in [5.41, 5.74) is -0.941. The van der Waals surface area contributed by atoms with E-state index in [2.05, 4.69) is 30.8 Å². The molecule has 4 rings (SSSR count). The van der Waals surface area contributed by atoms with E-state index in [0.29, 0.717) is 17.3 Å². The number of aromatic nitrogens is 2. The predicted molar refractivity (Wildman–Crippen MR) is 166 cm³/mol. The Balaban J connectivity index is 1.40. The van der Waals surface area contributed by atoms with E-state index in [4.69, 9.17) is 9.47 Å². The van der Waals surface area contributed by atoms with Crippen LogP contribution in [0.5, 0.6) is 5.75 Å². The van der Waals surface area contributed by atoms with Crippen LogP contribution in [0.25, 0.3) is 0 Å². The summed E-state index contributed by atoms with van der Waals surface area (Å²) in [6.45, 7) is 6.16. The number of alkyl carbamates (subject to hydrolysis) is 1. The number of anilines is 2. The van der Waals surface area contributed by atoms with Gasteiger partial charge in [-0.05, 0) is 48.1 Å². The van der Waals surface area contributed by atoms with Crippen LogP contribution in [-0.4, -0.2) is 71.4 Å². The van der Waals surface area contributed by atoms with Crippen LogP contribution in [0.4, 0.5) is 16.4 Å². The molecular weight excluding hydrogens is 564 g/mol. The van der Waals surface area contributed by atoms with Crippen LogP contribution < -0.4 is 25.6 Å². The van der Waals surface area contributed by atoms with Crippen molar-refractivity contribution in [2.75, 3.05) is 37.0 Å². The molecule has 1 aliphatic rings. The first-order valence-electron chi connectivity index (χ1n) is 14.5. The van der Waals surface area contributed by atoms with Gasteiger partial charge in [0.2, 0.25) is 5.95 Å². The number of aliphatic carboxylic acids is 1. The number of piperidine rings is 1. The Morgan fingerprint density at radius 3 is 2.30 bits per heavy atom. The van der Waals surface area contributed by atoms with Crippen LogP contribution >= 0.6 is 0 Å². The number of nitrogens with zero attached hydrogens (tertiary/aromatic N) is 3. The number of carboxylic acid groups (broad SMARTS) is 1. The number of carbonyl (C=O) groups is 3. The number of rotatable bonds is 11. The van der Waals surface area contributed by atoms with Gasteiger partial charge in [-0.15, -0.1) is 0 Å². The molecule has 4 N–H and O–H groups in total. The summed E-state index contributed by atoms with van der Waals surface area (Å²) in [6.07, 6.45) is 4.25.